The van der Waals surface area contributed by atoms with Gasteiger partial charge in [0, 0.05) is 41.8 Å². The first kappa shape index (κ1) is 22.3. The van der Waals surface area contributed by atoms with Gasteiger partial charge in [-0.25, -0.2) is 15.0 Å². The maximum Gasteiger partial charge on any atom is 0.302 e. The molecule has 34 heavy (non-hydrogen) atoms. The molecule has 0 atom stereocenters. The number of carbonyl (C=O) groups excluding carboxylic acids is 2. The van der Waals surface area contributed by atoms with Gasteiger partial charge in [-0.1, -0.05) is 22.6 Å². The molecule has 2 amide bonds. The Hall–Kier alpha value is -3.49. The van der Waals surface area contributed by atoms with Crippen molar-refractivity contribution in [3.63, 3.8) is 0 Å². The number of hydrogen-bond acceptors (Lipinski definition) is 7. The fraction of sp³-hybridized carbons (Fsp3) is 0.333. The van der Waals surface area contributed by atoms with Crippen LogP contribution in [0, 0.1) is 0 Å². The summed E-state index contributed by atoms with van der Waals surface area (Å²) in [5.74, 6) is -0.113. The molecule has 176 valence electrons. The number of halogens is 1. The number of hydrogen-bond donors (Lipinski definition) is 5. The number of likely N-dealkylation sites (tertiary alicyclic amines) is 1. The summed E-state index contributed by atoms with van der Waals surface area (Å²) in [4.78, 5) is 47.2. The second-order valence-electron chi connectivity index (χ2n) is 8.38. The third kappa shape index (κ3) is 4.10. The van der Waals surface area contributed by atoms with Crippen molar-refractivity contribution in [3.8, 4) is 0 Å². The van der Waals surface area contributed by atoms with E-state index in [1.807, 2.05) is 17.0 Å². The number of piperidine rings is 1. The molecule has 0 bridgehead atoms. The first-order valence-electron chi connectivity index (χ1n) is 10.7. The number of aliphatic imine (C=N–C) groups is 1. The highest BCUT2D eigenvalue weighted by atomic mass is 127. The van der Waals surface area contributed by atoms with Crippen LogP contribution in [0.4, 0.5) is 11.6 Å². The van der Waals surface area contributed by atoms with Gasteiger partial charge >= 0.3 is 5.91 Å². The van der Waals surface area contributed by atoms with Gasteiger partial charge in [0.1, 0.15) is 11.5 Å². The molecule has 2 aliphatic heterocycles. The number of nitrogens with zero attached hydrogens (tertiary/aromatic N) is 5. The summed E-state index contributed by atoms with van der Waals surface area (Å²) in [6, 6.07) is 3.75. The molecule has 0 aromatic carbocycles. The van der Waals surface area contributed by atoms with Crippen LogP contribution in [0.5, 0.6) is 0 Å². The Balaban J connectivity index is 1.24. The highest BCUT2D eigenvalue weighted by molar-refractivity contribution is 14.1. The Kier molecular flexibility index (Phi) is 5.71. The first-order chi connectivity index (χ1) is 16.4. The van der Waals surface area contributed by atoms with E-state index in [4.69, 9.17) is 11.5 Å². The standard InChI is InChI=1S/C21H23IN10O2/c22-8-13-15(23)29-16(24)14(28-13)18(33)30-20-27-10-21(31-20)2-5-32(6-3-21)19(34)12-7-11-1-4-25-17(11)26-9-12/h1,4,7,9H,2-3,5-6,8,10H2,(H,25,26)(H4,23,24,29)(H2,27,30,31,33). The Morgan fingerprint density at radius 3 is 2.76 bits per heavy atom. The molecule has 3 aromatic heterocycles. The Morgan fingerprint density at radius 1 is 1.21 bits per heavy atom. The molecule has 5 rings (SSSR count). The van der Waals surface area contributed by atoms with Gasteiger partial charge in [0.2, 0.25) is 0 Å². The molecule has 2 aliphatic rings. The topological polar surface area (TPSA) is 180 Å². The summed E-state index contributed by atoms with van der Waals surface area (Å²) >= 11 is 2.09. The second-order valence-corrected chi connectivity index (χ2v) is 9.14. The van der Waals surface area contributed by atoms with E-state index in [1.165, 1.54) is 0 Å². The lowest BCUT2D eigenvalue weighted by atomic mass is 9.88. The van der Waals surface area contributed by atoms with Gasteiger partial charge in [0.05, 0.1) is 16.8 Å². The number of aromatic amines is 1. The lowest BCUT2D eigenvalue weighted by Crippen LogP contribution is -2.53. The summed E-state index contributed by atoms with van der Waals surface area (Å²) in [6.07, 6.45) is 4.82. The largest absolute Gasteiger partial charge is 0.382 e. The molecule has 2 saturated heterocycles. The van der Waals surface area contributed by atoms with Gasteiger partial charge in [0.15, 0.2) is 17.5 Å². The number of fused-ring (bicyclic) bond motifs is 1. The van der Waals surface area contributed by atoms with Crippen LogP contribution in [-0.2, 0) is 4.43 Å². The minimum atomic E-state index is -0.594. The van der Waals surface area contributed by atoms with Crippen LogP contribution in [0.25, 0.3) is 11.0 Å². The summed E-state index contributed by atoms with van der Waals surface area (Å²) in [6.45, 7) is 1.75. The Bertz CT molecular complexity index is 1310. The fourth-order valence-corrected chi connectivity index (χ4v) is 4.81. The SMILES string of the molecule is Nc1nc(N)c(C(=O)/N=C2\NCC3(CCN(C(=O)c4cnc5[nH]ccc5c4)CC3)N2)nc1CI. The second kappa shape index (κ2) is 8.70. The maximum absolute atomic E-state index is 13.0. The van der Waals surface area contributed by atoms with Gasteiger partial charge in [-0.3, -0.25) is 9.59 Å². The van der Waals surface area contributed by atoms with Crippen molar-refractivity contribution in [3.05, 3.63) is 41.5 Å². The molecule has 12 nitrogen and oxygen atoms in total. The number of nitrogens with two attached hydrogens (primary N) is 2. The van der Waals surface area contributed by atoms with Crippen LogP contribution in [0.3, 0.4) is 0 Å². The smallest absolute Gasteiger partial charge is 0.302 e. The van der Waals surface area contributed by atoms with Gasteiger partial charge in [0.25, 0.3) is 5.91 Å². The molecule has 3 aromatic rings. The minimum Gasteiger partial charge on any atom is -0.382 e. The molecule has 5 heterocycles. The van der Waals surface area contributed by atoms with Crippen LogP contribution in [0.15, 0.2) is 29.5 Å². The molecule has 2 fully saturated rings. The molecular formula is C21H23IN10O2. The van der Waals surface area contributed by atoms with Crippen LogP contribution in [0.2, 0.25) is 0 Å². The van der Waals surface area contributed by atoms with E-state index in [2.05, 4.69) is 58.2 Å². The molecule has 0 saturated carbocycles. The number of nitrogens with one attached hydrogen (secondary N) is 3. The summed E-state index contributed by atoms with van der Waals surface area (Å²) in [5, 5.41) is 7.40. The predicted molar refractivity (Wildman–Crippen MR) is 135 cm³/mol. The quantitative estimate of drug-likeness (QED) is 0.224. The van der Waals surface area contributed by atoms with Crippen molar-refractivity contribution < 1.29 is 9.59 Å². The van der Waals surface area contributed by atoms with Crippen molar-refractivity contribution >= 4 is 63.0 Å². The van der Waals surface area contributed by atoms with Crippen LogP contribution in [-0.4, -0.2) is 67.8 Å². The predicted octanol–water partition coefficient (Wildman–Crippen LogP) is 0.816. The summed E-state index contributed by atoms with van der Waals surface area (Å²) in [7, 11) is 0. The number of carbonyl (C=O) groups is 2. The first-order valence-corrected chi connectivity index (χ1v) is 12.3. The van der Waals surface area contributed by atoms with Crippen LogP contribution >= 0.6 is 22.6 Å². The lowest BCUT2D eigenvalue weighted by molar-refractivity contribution is 0.0669. The molecular weight excluding hydrogens is 551 g/mol. The van der Waals surface area contributed by atoms with Crippen molar-refractivity contribution in [1.29, 1.82) is 0 Å². The molecule has 0 aliphatic carbocycles. The van der Waals surface area contributed by atoms with Crippen molar-refractivity contribution in [2.24, 2.45) is 4.99 Å². The van der Waals surface area contributed by atoms with Gasteiger partial charge in [-0.2, -0.15) is 4.99 Å². The van der Waals surface area contributed by atoms with E-state index in [9.17, 15) is 9.59 Å². The Morgan fingerprint density at radius 2 is 2.00 bits per heavy atom. The van der Waals surface area contributed by atoms with E-state index >= 15 is 0 Å². The highest BCUT2D eigenvalue weighted by Crippen LogP contribution is 2.26. The van der Waals surface area contributed by atoms with E-state index < -0.39 is 5.91 Å². The average molecular weight is 574 g/mol. The van der Waals surface area contributed by atoms with E-state index in [0.29, 0.717) is 54.1 Å². The third-order valence-electron chi connectivity index (χ3n) is 6.20. The van der Waals surface area contributed by atoms with Crippen molar-refractivity contribution in [2.45, 2.75) is 22.8 Å². The van der Waals surface area contributed by atoms with E-state index in [1.54, 1.807) is 12.4 Å². The zero-order valence-electron chi connectivity index (χ0n) is 18.1. The summed E-state index contributed by atoms with van der Waals surface area (Å²) < 4.78 is 0.498. The maximum atomic E-state index is 13.0. The van der Waals surface area contributed by atoms with Gasteiger partial charge < -0.3 is 32.0 Å². The lowest BCUT2D eigenvalue weighted by Gasteiger charge is -2.38. The molecule has 7 N–H and O–H groups in total. The number of pyridine rings is 1. The zero-order valence-corrected chi connectivity index (χ0v) is 20.3. The van der Waals surface area contributed by atoms with Crippen molar-refractivity contribution in [2.75, 3.05) is 31.1 Å². The minimum absolute atomic E-state index is 0.0219. The molecule has 0 unspecified atom stereocenters. The number of guanidine groups is 1. The number of nitrogen functional groups attached to an aromatic ring is 2. The Labute approximate surface area is 208 Å². The molecule has 0 radical (unpaired) electrons. The number of aromatic nitrogens is 4. The van der Waals surface area contributed by atoms with Gasteiger partial charge in [-0.15, -0.1) is 0 Å². The van der Waals surface area contributed by atoms with Crippen molar-refractivity contribution in [1.82, 2.24) is 35.5 Å². The highest BCUT2D eigenvalue weighted by Gasteiger charge is 2.41. The van der Waals surface area contributed by atoms with Crippen LogP contribution < -0.4 is 22.1 Å². The number of anilines is 2. The monoisotopic (exact) mass is 574 g/mol. The number of amides is 2. The average Bonchev–Trinajstić information content (AvgIpc) is 3.45. The number of H-pyrrole nitrogens is 1. The normalized spacial score (nSPS) is 18.3. The fourth-order valence-electron chi connectivity index (χ4n) is 4.25. The molecule has 1 spiro atoms. The third-order valence-corrected chi connectivity index (χ3v) is 6.92. The zero-order chi connectivity index (χ0) is 23.9. The molecule has 13 heteroatoms. The van der Waals surface area contributed by atoms with E-state index in [-0.39, 0.29) is 28.8 Å². The number of rotatable bonds is 3. The number of alkyl halides is 1. The van der Waals surface area contributed by atoms with Crippen LogP contribution in [0.1, 0.15) is 39.4 Å². The van der Waals surface area contributed by atoms with Gasteiger partial charge in [-0.05, 0) is 25.0 Å². The summed E-state index contributed by atoms with van der Waals surface area (Å²) in [5.41, 5.74) is 13.1. The van der Waals surface area contributed by atoms with E-state index in [0.717, 1.165) is 11.0 Å².